The zero-order valence-electron chi connectivity index (χ0n) is 18.8. The molecule has 1 saturated heterocycles. The number of hydrogen-bond donors (Lipinski definition) is 4. The van der Waals surface area contributed by atoms with Crippen LogP contribution in [0.25, 0.3) is 11.1 Å². The van der Waals surface area contributed by atoms with Crippen molar-refractivity contribution in [2.75, 3.05) is 23.3 Å². The zero-order valence-corrected chi connectivity index (χ0v) is 18.8. The van der Waals surface area contributed by atoms with Gasteiger partial charge in [-0.1, -0.05) is 12.1 Å². The predicted octanol–water partition coefficient (Wildman–Crippen LogP) is 2.20. The van der Waals surface area contributed by atoms with Crippen LogP contribution < -0.4 is 21.5 Å². The van der Waals surface area contributed by atoms with Crippen LogP contribution in [0.15, 0.2) is 47.4 Å². The third-order valence-corrected chi connectivity index (χ3v) is 6.17. The molecule has 5 N–H and O–H groups in total. The normalized spacial score (nSPS) is 15.3. The number of aromatic nitrogens is 3. The van der Waals surface area contributed by atoms with Gasteiger partial charge in [0, 0.05) is 37.0 Å². The van der Waals surface area contributed by atoms with Gasteiger partial charge in [0.05, 0.1) is 5.60 Å². The van der Waals surface area contributed by atoms with Gasteiger partial charge in [0.1, 0.15) is 5.82 Å². The first kappa shape index (κ1) is 22.5. The van der Waals surface area contributed by atoms with Crippen molar-refractivity contribution in [1.29, 1.82) is 0 Å². The Morgan fingerprint density at radius 3 is 2.67 bits per heavy atom. The number of pyridine rings is 1. The Kier molecular flexibility index (Phi) is 6.15. The Labute approximate surface area is 191 Å². The Balaban J connectivity index is 1.47. The highest BCUT2D eigenvalue weighted by atomic mass is 16.3. The zero-order chi connectivity index (χ0) is 23.6. The number of nitrogens with zero attached hydrogens (tertiary/aromatic N) is 3. The fourth-order valence-corrected chi connectivity index (χ4v) is 4.02. The molecule has 9 heteroatoms. The number of benzene rings is 1. The SMILES string of the molecule is Cc1c(C(N)=O)cccc1-c1c[nH]c(=O)c(CNc2ccc(N3CCC(C)(O)CC3)nn2)c1. The van der Waals surface area contributed by atoms with E-state index in [9.17, 15) is 14.7 Å². The highest BCUT2D eigenvalue weighted by Crippen LogP contribution is 2.26. The smallest absolute Gasteiger partial charge is 0.252 e. The van der Waals surface area contributed by atoms with E-state index in [4.69, 9.17) is 5.73 Å². The van der Waals surface area contributed by atoms with E-state index in [1.165, 1.54) is 0 Å². The molecule has 9 nitrogen and oxygen atoms in total. The second-order valence-electron chi connectivity index (χ2n) is 8.70. The number of aromatic amines is 1. The number of carbonyl (C=O) groups is 1. The van der Waals surface area contributed by atoms with Gasteiger partial charge >= 0.3 is 0 Å². The number of nitrogens with one attached hydrogen (secondary N) is 2. The number of piperidine rings is 1. The van der Waals surface area contributed by atoms with Crippen LogP contribution in [0.3, 0.4) is 0 Å². The van der Waals surface area contributed by atoms with Gasteiger partial charge in [-0.3, -0.25) is 9.59 Å². The molecule has 2 aromatic heterocycles. The Bertz CT molecular complexity index is 1210. The maximum Gasteiger partial charge on any atom is 0.252 e. The van der Waals surface area contributed by atoms with Crippen LogP contribution in [0.4, 0.5) is 11.6 Å². The topological polar surface area (TPSA) is 137 Å². The lowest BCUT2D eigenvalue weighted by molar-refractivity contribution is 0.0350. The van der Waals surface area contributed by atoms with E-state index in [-0.39, 0.29) is 12.1 Å². The molecule has 3 aromatic rings. The summed E-state index contributed by atoms with van der Waals surface area (Å²) in [5, 5.41) is 21.8. The number of primary amides is 1. The lowest BCUT2D eigenvalue weighted by Gasteiger charge is -2.36. The fraction of sp³-hybridized carbons (Fsp3) is 0.333. The van der Waals surface area contributed by atoms with Crippen molar-refractivity contribution in [3.63, 3.8) is 0 Å². The first-order valence-corrected chi connectivity index (χ1v) is 10.9. The van der Waals surface area contributed by atoms with Crippen LogP contribution in [-0.4, -0.2) is 44.9 Å². The molecule has 1 aromatic carbocycles. The molecule has 0 radical (unpaired) electrons. The molecule has 0 spiro atoms. The molecule has 0 aliphatic carbocycles. The van der Waals surface area contributed by atoms with Crippen LogP contribution >= 0.6 is 0 Å². The minimum atomic E-state index is -0.618. The van der Waals surface area contributed by atoms with Crippen molar-refractivity contribution < 1.29 is 9.90 Å². The van der Waals surface area contributed by atoms with Crippen molar-refractivity contribution >= 4 is 17.5 Å². The third-order valence-electron chi connectivity index (χ3n) is 6.17. The molecule has 0 saturated carbocycles. The van der Waals surface area contributed by atoms with Crippen LogP contribution in [0, 0.1) is 6.92 Å². The predicted molar refractivity (Wildman–Crippen MR) is 127 cm³/mol. The number of aliphatic hydroxyl groups is 1. The highest BCUT2D eigenvalue weighted by molar-refractivity contribution is 5.96. The van der Waals surface area contributed by atoms with Crippen molar-refractivity contribution in [1.82, 2.24) is 15.2 Å². The van der Waals surface area contributed by atoms with Crippen molar-refractivity contribution in [2.24, 2.45) is 5.73 Å². The van der Waals surface area contributed by atoms with Gasteiger partial charge in [0.25, 0.3) is 5.56 Å². The Morgan fingerprint density at radius 2 is 2.00 bits per heavy atom. The Morgan fingerprint density at radius 1 is 1.24 bits per heavy atom. The molecule has 1 aliphatic rings. The molecule has 4 rings (SSSR count). The third kappa shape index (κ3) is 5.04. The lowest BCUT2D eigenvalue weighted by atomic mass is 9.94. The molecule has 33 heavy (non-hydrogen) atoms. The second kappa shape index (κ2) is 9.03. The summed E-state index contributed by atoms with van der Waals surface area (Å²) in [5.41, 5.74) is 7.99. The number of anilines is 2. The molecular weight excluding hydrogens is 420 g/mol. The molecule has 1 aliphatic heterocycles. The molecule has 0 unspecified atom stereocenters. The molecule has 0 atom stereocenters. The summed E-state index contributed by atoms with van der Waals surface area (Å²) in [6.07, 6.45) is 3.01. The number of H-pyrrole nitrogens is 1. The monoisotopic (exact) mass is 448 g/mol. The minimum absolute atomic E-state index is 0.208. The van der Waals surface area contributed by atoms with Gasteiger partial charge in [-0.25, -0.2) is 0 Å². The molecule has 172 valence electrons. The summed E-state index contributed by atoms with van der Waals surface area (Å²) in [6.45, 7) is 5.41. The molecule has 3 heterocycles. The van der Waals surface area contributed by atoms with E-state index in [1.807, 2.05) is 32.0 Å². The number of carbonyl (C=O) groups excluding carboxylic acids is 1. The van der Waals surface area contributed by atoms with Crippen LogP contribution in [-0.2, 0) is 6.54 Å². The van der Waals surface area contributed by atoms with Crippen molar-refractivity contribution in [3.05, 3.63) is 69.6 Å². The average molecular weight is 449 g/mol. The van der Waals surface area contributed by atoms with Crippen LogP contribution in [0.5, 0.6) is 0 Å². The van der Waals surface area contributed by atoms with Gasteiger partial charge in [0.2, 0.25) is 5.91 Å². The van der Waals surface area contributed by atoms with Crippen LogP contribution in [0.1, 0.15) is 41.3 Å². The number of hydrogen-bond acceptors (Lipinski definition) is 7. The van der Waals surface area contributed by atoms with E-state index in [2.05, 4.69) is 25.4 Å². The minimum Gasteiger partial charge on any atom is -0.390 e. The van der Waals surface area contributed by atoms with Crippen LogP contribution in [0.2, 0.25) is 0 Å². The van der Waals surface area contributed by atoms with E-state index >= 15 is 0 Å². The van der Waals surface area contributed by atoms with Crippen molar-refractivity contribution in [3.8, 4) is 11.1 Å². The maximum absolute atomic E-state index is 12.4. The van der Waals surface area contributed by atoms with E-state index in [0.29, 0.717) is 29.8 Å². The van der Waals surface area contributed by atoms with Gasteiger partial charge in [-0.2, -0.15) is 0 Å². The average Bonchev–Trinajstić information content (AvgIpc) is 2.79. The van der Waals surface area contributed by atoms with Crippen molar-refractivity contribution in [2.45, 2.75) is 38.8 Å². The number of nitrogens with two attached hydrogens (primary N) is 1. The molecule has 0 bridgehead atoms. The van der Waals surface area contributed by atoms with Gasteiger partial charge in [-0.15, -0.1) is 10.2 Å². The molecule has 1 fully saturated rings. The largest absolute Gasteiger partial charge is 0.390 e. The first-order chi connectivity index (χ1) is 15.7. The highest BCUT2D eigenvalue weighted by Gasteiger charge is 2.27. The van der Waals surface area contributed by atoms with E-state index in [1.54, 1.807) is 24.4 Å². The summed E-state index contributed by atoms with van der Waals surface area (Å²) in [4.78, 5) is 28.9. The standard InChI is InChI=1S/C24H28N6O3/c1-15-18(4-3-5-19(15)22(25)31)16-12-17(23(32)27-13-16)14-26-20-6-7-21(29-28-20)30-10-8-24(2,33)9-11-30/h3-7,12-13,33H,8-11,14H2,1-2H3,(H2,25,31)(H,26,28)(H,27,32). The maximum atomic E-state index is 12.4. The summed E-state index contributed by atoms with van der Waals surface area (Å²) < 4.78 is 0. The number of amides is 1. The van der Waals surface area contributed by atoms with Gasteiger partial charge in [-0.05, 0) is 67.6 Å². The van der Waals surface area contributed by atoms with E-state index < -0.39 is 11.5 Å². The van der Waals surface area contributed by atoms with Gasteiger partial charge < -0.3 is 26.0 Å². The second-order valence-corrected chi connectivity index (χ2v) is 8.70. The lowest BCUT2D eigenvalue weighted by Crippen LogP contribution is -2.42. The first-order valence-electron chi connectivity index (χ1n) is 10.9. The molecule has 1 amide bonds. The molecular formula is C24H28N6O3. The Hall–Kier alpha value is -3.72. The summed E-state index contributed by atoms with van der Waals surface area (Å²) >= 11 is 0. The number of rotatable bonds is 6. The summed E-state index contributed by atoms with van der Waals surface area (Å²) in [5.74, 6) is 0.831. The summed E-state index contributed by atoms with van der Waals surface area (Å²) in [6, 6.07) is 10.8. The summed E-state index contributed by atoms with van der Waals surface area (Å²) in [7, 11) is 0. The van der Waals surface area contributed by atoms with E-state index in [0.717, 1.165) is 35.6 Å². The van der Waals surface area contributed by atoms with Gasteiger partial charge in [0.15, 0.2) is 5.82 Å². The quantitative estimate of drug-likeness (QED) is 0.454. The fourth-order valence-electron chi connectivity index (χ4n) is 4.02.